The zero-order valence-electron chi connectivity index (χ0n) is 10.5. The van der Waals surface area contributed by atoms with Gasteiger partial charge < -0.3 is 4.74 Å². The zero-order chi connectivity index (χ0) is 11.4. The van der Waals surface area contributed by atoms with Gasteiger partial charge in [-0.3, -0.25) is 0 Å². The molecule has 1 heteroatoms. The fourth-order valence-electron chi connectivity index (χ4n) is 1.89. The Morgan fingerprint density at radius 3 is 2.53 bits per heavy atom. The van der Waals surface area contributed by atoms with E-state index in [-0.39, 0.29) is 0 Å². The summed E-state index contributed by atoms with van der Waals surface area (Å²) in [5.41, 5.74) is 4.18. The Morgan fingerprint density at radius 1 is 1.20 bits per heavy atom. The van der Waals surface area contributed by atoms with Gasteiger partial charge in [0.15, 0.2) is 0 Å². The van der Waals surface area contributed by atoms with Crippen LogP contribution in [0.3, 0.4) is 0 Å². The lowest BCUT2D eigenvalue weighted by atomic mass is 9.89. The maximum absolute atomic E-state index is 5.66. The van der Waals surface area contributed by atoms with Gasteiger partial charge in [0.2, 0.25) is 0 Å². The molecule has 0 amide bonds. The van der Waals surface area contributed by atoms with Crippen molar-refractivity contribution in [2.24, 2.45) is 0 Å². The quantitative estimate of drug-likeness (QED) is 0.622. The first kappa shape index (κ1) is 12.3. The third-order valence-electron chi connectivity index (χ3n) is 3.00. The average Bonchev–Trinajstić information content (AvgIpc) is 2.27. The van der Waals surface area contributed by atoms with E-state index in [9.17, 15) is 0 Å². The molecular formula is C14H22O. The number of benzene rings is 1. The summed E-state index contributed by atoms with van der Waals surface area (Å²) < 4.78 is 5.66. The largest absolute Gasteiger partial charge is 0.373 e. The number of hydrogen-bond donors (Lipinski definition) is 0. The molecular weight excluding hydrogens is 184 g/mol. The zero-order valence-corrected chi connectivity index (χ0v) is 10.5. The summed E-state index contributed by atoms with van der Waals surface area (Å²) in [4.78, 5) is 0. The van der Waals surface area contributed by atoms with Gasteiger partial charge in [-0.05, 0) is 25.0 Å². The smallest absolute Gasteiger partial charge is 0.0723 e. The Kier molecular flexibility index (Phi) is 4.34. The first-order valence-electron chi connectivity index (χ1n) is 5.89. The van der Waals surface area contributed by atoms with Crippen molar-refractivity contribution >= 4 is 0 Å². The molecule has 0 saturated heterocycles. The molecule has 1 unspecified atom stereocenters. The van der Waals surface area contributed by atoms with E-state index in [1.165, 1.54) is 16.7 Å². The van der Waals surface area contributed by atoms with E-state index >= 15 is 0 Å². The number of aryl methyl sites for hydroxylation is 1. The highest BCUT2D eigenvalue weighted by atomic mass is 16.5. The van der Waals surface area contributed by atoms with Crippen LogP contribution in [-0.4, -0.2) is 6.10 Å². The Balaban J connectivity index is 0.000000531. The van der Waals surface area contributed by atoms with Crippen molar-refractivity contribution in [3.63, 3.8) is 0 Å². The normalized spacial score (nSPS) is 23.8. The van der Waals surface area contributed by atoms with E-state index in [1.807, 2.05) is 13.8 Å². The van der Waals surface area contributed by atoms with Crippen molar-refractivity contribution < 1.29 is 4.74 Å². The van der Waals surface area contributed by atoms with Crippen LogP contribution in [0.25, 0.3) is 0 Å². The monoisotopic (exact) mass is 206 g/mol. The molecule has 0 saturated carbocycles. The van der Waals surface area contributed by atoms with E-state index in [4.69, 9.17) is 4.74 Å². The second-order valence-corrected chi connectivity index (χ2v) is 4.01. The van der Waals surface area contributed by atoms with Gasteiger partial charge in [0.1, 0.15) is 0 Å². The summed E-state index contributed by atoms with van der Waals surface area (Å²) in [5.74, 6) is 0.531. The minimum absolute atomic E-state index is 0.356. The van der Waals surface area contributed by atoms with Crippen LogP contribution in [0.2, 0.25) is 0 Å². The molecule has 0 radical (unpaired) electrons. The number of rotatable bonds is 0. The predicted octanol–water partition coefficient (Wildman–Crippen LogP) is 4.04. The van der Waals surface area contributed by atoms with Crippen LogP contribution < -0.4 is 0 Å². The first-order valence-corrected chi connectivity index (χ1v) is 5.89. The molecule has 15 heavy (non-hydrogen) atoms. The lowest BCUT2D eigenvalue weighted by Gasteiger charge is -2.29. The minimum atomic E-state index is 0.356. The Labute approximate surface area is 93.5 Å². The lowest BCUT2D eigenvalue weighted by molar-refractivity contribution is 0.0241. The van der Waals surface area contributed by atoms with E-state index in [0.717, 1.165) is 6.61 Å². The second-order valence-electron chi connectivity index (χ2n) is 4.01. The number of hydrogen-bond acceptors (Lipinski definition) is 1. The summed E-state index contributed by atoms with van der Waals surface area (Å²) >= 11 is 0. The van der Waals surface area contributed by atoms with Crippen molar-refractivity contribution in [1.29, 1.82) is 0 Å². The van der Waals surface area contributed by atoms with Gasteiger partial charge in [-0.15, -0.1) is 0 Å². The van der Waals surface area contributed by atoms with Crippen molar-refractivity contribution in [2.75, 3.05) is 0 Å². The summed E-state index contributed by atoms with van der Waals surface area (Å²) in [6.45, 7) is 11.3. The van der Waals surface area contributed by atoms with Crippen LogP contribution in [0.15, 0.2) is 18.2 Å². The van der Waals surface area contributed by atoms with E-state index in [2.05, 4.69) is 39.0 Å². The van der Waals surface area contributed by atoms with Crippen molar-refractivity contribution in [3.05, 3.63) is 34.9 Å². The van der Waals surface area contributed by atoms with Gasteiger partial charge in [0.05, 0.1) is 12.7 Å². The summed E-state index contributed by atoms with van der Waals surface area (Å²) in [7, 11) is 0. The highest BCUT2D eigenvalue weighted by Gasteiger charge is 2.22. The lowest BCUT2D eigenvalue weighted by Crippen LogP contribution is -2.23. The molecule has 1 heterocycles. The molecule has 0 spiro atoms. The predicted molar refractivity (Wildman–Crippen MR) is 65.2 cm³/mol. The molecule has 84 valence electrons. The third kappa shape index (κ3) is 2.60. The SMILES string of the molecule is CC.Cc1ccc2c(c1)C(C)[C@H](C)OC2. The Hall–Kier alpha value is -0.820. The highest BCUT2D eigenvalue weighted by Crippen LogP contribution is 2.31. The molecule has 0 aliphatic carbocycles. The molecule has 1 aromatic carbocycles. The molecule has 2 atom stereocenters. The fourth-order valence-corrected chi connectivity index (χ4v) is 1.89. The van der Waals surface area contributed by atoms with Gasteiger partial charge in [-0.1, -0.05) is 44.5 Å². The summed E-state index contributed by atoms with van der Waals surface area (Å²) in [6, 6.07) is 6.64. The minimum Gasteiger partial charge on any atom is -0.373 e. The van der Waals surface area contributed by atoms with E-state index in [1.54, 1.807) is 0 Å². The molecule has 0 bridgehead atoms. The van der Waals surface area contributed by atoms with Gasteiger partial charge in [-0.25, -0.2) is 0 Å². The molecule has 0 N–H and O–H groups in total. The molecule has 1 aromatic rings. The van der Waals surface area contributed by atoms with Crippen molar-refractivity contribution in [2.45, 2.75) is 53.2 Å². The van der Waals surface area contributed by atoms with Crippen LogP contribution in [0.5, 0.6) is 0 Å². The van der Waals surface area contributed by atoms with Gasteiger partial charge in [-0.2, -0.15) is 0 Å². The van der Waals surface area contributed by atoms with Crippen LogP contribution >= 0.6 is 0 Å². The second kappa shape index (κ2) is 5.32. The first-order chi connectivity index (χ1) is 7.18. The average molecular weight is 206 g/mol. The molecule has 0 aromatic heterocycles. The number of ether oxygens (including phenoxy) is 1. The molecule has 1 nitrogen and oxygen atoms in total. The fraction of sp³-hybridized carbons (Fsp3) is 0.571. The topological polar surface area (TPSA) is 9.23 Å². The maximum atomic E-state index is 5.66. The van der Waals surface area contributed by atoms with E-state index < -0.39 is 0 Å². The van der Waals surface area contributed by atoms with Gasteiger partial charge in [0, 0.05) is 5.92 Å². The Morgan fingerprint density at radius 2 is 1.87 bits per heavy atom. The van der Waals surface area contributed by atoms with Gasteiger partial charge in [0.25, 0.3) is 0 Å². The standard InChI is InChI=1S/C12H16O.C2H6/c1-8-4-5-11-7-13-10(3)9(2)12(11)6-8;1-2/h4-6,9-10H,7H2,1-3H3;1-2H3/t9?,10-;/m0./s1. The van der Waals surface area contributed by atoms with E-state index in [0.29, 0.717) is 12.0 Å². The maximum Gasteiger partial charge on any atom is 0.0723 e. The molecule has 2 rings (SSSR count). The third-order valence-corrected chi connectivity index (χ3v) is 3.00. The molecule has 1 aliphatic rings. The van der Waals surface area contributed by atoms with Crippen molar-refractivity contribution in [1.82, 2.24) is 0 Å². The molecule has 0 fully saturated rings. The number of fused-ring (bicyclic) bond motifs is 1. The Bertz CT molecular complexity index is 317. The van der Waals surface area contributed by atoms with Gasteiger partial charge >= 0.3 is 0 Å². The summed E-state index contributed by atoms with van der Waals surface area (Å²) in [5, 5.41) is 0. The van der Waals surface area contributed by atoms with Crippen molar-refractivity contribution in [3.8, 4) is 0 Å². The van der Waals surface area contributed by atoms with Crippen LogP contribution in [0.4, 0.5) is 0 Å². The highest BCUT2D eigenvalue weighted by molar-refractivity contribution is 5.35. The molecule has 1 aliphatic heterocycles. The van der Waals surface area contributed by atoms with Crippen LogP contribution in [0, 0.1) is 6.92 Å². The summed E-state index contributed by atoms with van der Waals surface area (Å²) in [6.07, 6.45) is 0.356. The van der Waals surface area contributed by atoms with Crippen LogP contribution in [-0.2, 0) is 11.3 Å². The van der Waals surface area contributed by atoms with Crippen LogP contribution in [0.1, 0.15) is 50.3 Å².